The van der Waals surface area contributed by atoms with Crippen LogP contribution in [0.1, 0.15) is 130 Å². The molecule has 0 aliphatic carbocycles. The van der Waals surface area contributed by atoms with Gasteiger partial charge < -0.3 is 34.7 Å². The fourth-order valence-corrected chi connectivity index (χ4v) is 6.08. The first-order valence-corrected chi connectivity index (χ1v) is 18.1. The molecule has 55 heavy (non-hydrogen) atoms. The first-order chi connectivity index (χ1) is 25.7. The Morgan fingerprint density at radius 1 is 0.873 bits per heavy atom. The second-order valence-electron chi connectivity index (χ2n) is 14.1. The number of Topliss-reactive ketones (excluding diaryl/α,β-unsaturated/α-hetero) is 1. The van der Waals surface area contributed by atoms with Gasteiger partial charge in [0.25, 0.3) is 5.91 Å². The number of carbonyl (C=O) groups is 3. The van der Waals surface area contributed by atoms with Crippen molar-refractivity contribution in [2.75, 3.05) is 19.6 Å². The van der Waals surface area contributed by atoms with Gasteiger partial charge in [-0.1, -0.05) is 45.9 Å². The van der Waals surface area contributed by atoms with Crippen molar-refractivity contribution in [2.24, 2.45) is 11.8 Å². The average Bonchev–Trinajstić information content (AvgIpc) is 3.95. The molecular weight excluding hydrogens is 734 g/mol. The Bertz CT molecular complexity index is 1850. The number of para-hydroxylation sites is 1. The molecule has 0 spiro atoms. The van der Waals surface area contributed by atoms with Crippen LogP contribution in [0.5, 0.6) is 0 Å². The number of hydrogen-bond acceptors (Lipinski definition) is 13. The number of hydrogen-bond donors (Lipinski definition) is 3. The predicted octanol–water partition coefficient (Wildman–Crippen LogP) is 1.21. The normalized spacial score (nSPS) is 20.0. The smallest absolute Gasteiger partial charge is 0.550 e. The van der Waals surface area contributed by atoms with E-state index in [1.54, 1.807) is 30.3 Å². The van der Waals surface area contributed by atoms with Crippen LogP contribution in [-0.4, -0.2) is 67.5 Å². The van der Waals surface area contributed by atoms with Crippen molar-refractivity contribution in [3.63, 3.8) is 0 Å². The number of carboxylic acid groups (broad SMARTS) is 1. The number of carbonyl (C=O) groups excluding carboxylic acids is 3. The van der Waals surface area contributed by atoms with E-state index in [0.29, 0.717) is 74.4 Å². The number of rotatable bonds is 12. The summed E-state index contributed by atoms with van der Waals surface area (Å²) in [5.41, 5.74) is -1.41. The second kappa shape index (κ2) is 19.8. The summed E-state index contributed by atoms with van der Waals surface area (Å²) in [7, 11) is 0. The molecule has 1 amide bonds. The number of nitrogens with zero attached hydrogens (tertiary/aromatic N) is 6. The number of aromatic nitrogens is 6. The van der Waals surface area contributed by atoms with Crippen molar-refractivity contribution in [1.29, 1.82) is 0 Å². The van der Waals surface area contributed by atoms with Crippen molar-refractivity contribution in [3.8, 4) is 5.69 Å². The maximum absolute atomic E-state index is 13.5. The van der Waals surface area contributed by atoms with Crippen LogP contribution in [0.15, 0.2) is 45.4 Å². The van der Waals surface area contributed by atoms with Crippen LogP contribution in [0.25, 0.3) is 5.69 Å². The molecule has 19 heteroatoms. The zero-order chi connectivity index (χ0) is 39.0. The maximum atomic E-state index is 13.5. The van der Waals surface area contributed by atoms with Gasteiger partial charge in [-0.3, -0.25) is 9.59 Å². The molecule has 2 aliphatic heterocycles. The fourth-order valence-electron chi connectivity index (χ4n) is 6.08. The SMILES string of the molecule is CC(C)c1nnc([C@H]2CC[C@H](C(=O)CCCNC(=O)c3cn(-c4ccccc4)nc3C(F)(F)F)CN2)o1.CC(C)c1nnc([C@H]2CC[C@H](C(=O)[O-])CN2)o1.[Na+]. The number of ketones is 1. The molecule has 15 nitrogen and oxygen atoms in total. The topological polar surface area (TPSA) is 206 Å². The Labute approximate surface area is 338 Å². The van der Waals surface area contributed by atoms with Crippen molar-refractivity contribution in [2.45, 2.75) is 96.3 Å². The van der Waals surface area contributed by atoms with Crippen molar-refractivity contribution in [1.82, 2.24) is 46.1 Å². The molecule has 1 aromatic carbocycles. The van der Waals surface area contributed by atoms with Crippen LogP contribution in [0.2, 0.25) is 0 Å². The van der Waals surface area contributed by atoms with Gasteiger partial charge in [0.1, 0.15) is 5.78 Å². The number of alkyl halides is 3. The molecule has 0 saturated carbocycles. The Hall–Kier alpha value is -3.97. The molecule has 2 saturated heterocycles. The first kappa shape index (κ1) is 43.8. The largest absolute Gasteiger partial charge is 1.00 e. The average molecular weight is 780 g/mol. The standard InChI is InChI=1S/C25H29F3N6O3.C11H17N3O3.Na/c1-15(2)23-31-32-24(37-23)19-11-10-16(13-30-19)20(35)9-6-12-29-22(36)18-14-34(17-7-4-3-5-8-17)33-21(18)25(26,27)28;1-6(2)9-13-14-10(17-9)8-4-3-7(5-12-8)11(15)16;/h3-5,7-8,14-16,19,30H,6,9-13H2,1-2H3,(H,29,36);6-8,12H,3-5H2,1-2H3,(H,15,16);/q;;+1/p-1/t16-,19+;7-,8+;/m00./s1. The number of halogens is 3. The van der Waals surface area contributed by atoms with Gasteiger partial charge in [-0.15, -0.1) is 20.4 Å². The molecule has 6 rings (SSSR count). The van der Waals surface area contributed by atoms with E-state index in [-0.39, 0.29) is 78.1 Å². The van der Waals surface area contributed by atoms with Gasteiger partial charge in [-0.05, 0) is 44.2 Å². The van der Waals surface area contributed by atoms with Gasteiger partial charge in [0, 0.05) is 61.9 Å². The van der Waals surface area contributed by atoms with Gasteiger partial charge in [-0.2, -0.15) is 18.3 Å². The van der Waals surface area contributed by atoms with Gasteiger partial charge in [0.05, 0.1) is 23.3 Å². The molecule has 4 aromatic rings. The van der Waals surface area contributed by atoms with Crippen LogP contribution >= 0.6 is 0 Å². The third-order valence-electron chi connectivity index (χ3n) is 9.25. The summed E-state index contributed by atoms with van der Waals surface area (Å²) in [4.78, 5) is 35.9. The summed E-state index contributed by atoms with van der Waals surface area (Å²) in [6.07, 6.45) is -0.584. The number of amides is 1. The van der Waals surface area contributed by atoms with Gasteiger partial charge in [0.15, 0.2) is 5.69 Å². The molecule has 4 atom stereocenters. The molecule has 0 unspecified atom stereocenters. The Morgan fingerprint density at radius 3 is 1.87 bits per heavy atom. The van der Waals surface area contributed by atoms with Crippen molar-refractivity contribution in [3.05, 3.63) is 71.3 Å². The Morgan fingerprint density at radius 2 is 1.42 bits per heavy atom. The van der Waals surface area contributed by atoms with Crippen LogP contribution < -0.4 is 50.6 Å². The van der Waals surface area contributed by atoms with E-state index < -0.39 is 35.2 Å². The van der Waals surface area contributed by atoms with Crippen molar-refractivity contribution < 1.29 is 71.1 Å². The van der Waals surface area contributed by atoms with Crippen LogP contribution in [0, 0.1) is 11.8 Å². The van der Waals surface area contributed by atoms with Crippen molar-refractivity contribution >= 4 is 17.7 Å². The van der Waals surface area contributed by atoms with Crippen LogP contribution in [0.3, 0.4) is 0 Å². The third-order valence-corrected chi connectivity index (χ3v) is 9.25. The molecule has 0 bridgehead atoms. The minimum absolute atomic E-state index is 0. The quantitative estimate of drug-likeness (QED) is 0.137. The van der Waals surface area contributed by atoms with E-state index in [0.717, 1.165) is 10.9 Å². The van der Waals surface area contributed by atoms with E-state index in [1.807, 2.05) is 27.7 Å². The predicted molar refractivity (Wildman–Crippen MR) is 184 cm³/mol. The Balaban J connectivity index is 0.000000313. The second-order valence-corrected chi connectivity index (χ2v) is 14.1. The van der Waals surface area contributed by atoms with E-state index in [4.69, 9.17) is 8.83 Å². The minimum Gasteiger partial charge on any atom is -0.550 e. The zero-order valence-corrected chi connectivity index (χ0v) is 33.6. The minimum atomic E-state index is -4.79. The monoisotopic (exact) mass is 779 g/mol. The number of benzene rings is 1. The number of aliphatic carboxylic acids is 1. The fraction of sp³-hybridized carbons (Fsp3) is 0.556. The molecular formula is C36H45F3N9NaO6. The summed E-state index contributed by atoms with van der Waals surface area (Å²) >= 11 is 0. The molecule has 2 aliphatic rings. The van der Waals surface area contributed by atoms with Gasteiger partial charge in [0.2, 0.25) is 23.6 Å². The number of piperidine rings is 2. The summed E-state index contributed by atoms with van der Waals surface area (Å²) in [6, 6.07) is 8.10. The molecule has 3 N–H and O–H groups in total. The van der Waals surface area contributed by atoms with Crippen LogP contribution in [-0.2, 0) is 15.8 Å². The van der Waals surface area contributed by atoms with E-state index in [2.05, 4.69) is 41.4 Å². The maximum Gasteiger partial charge on any atom is 1.00 e. The van der Waals surface area contributed by atoms with Crippen LogP contribution in [0.4, 0.5) is 13.2 Å². The summed E-state index contributed by atoms with van der Waals surface area (Å²) in [6.45, 7) is 8.84. The molecule has 2 fully saturated rings. The molecule has 3 aromatic heterocycles. The van der Waals surface area contributed by atoms with E-state index >= 15 is 0 Å². The third kappa shape index (κ3) is 11.8. The van der Waals surface area contributed by atoms with Gasteiger partial charge in [-0.25, -0.2) is 4.68 Å². The van der Waals surface area contributed by atoms with Gasteiger partial charge >= 0.3 is 35.7 Å². The summed E-state index contributed by atoms with van der Waals surface area (Å²) in [5, 5.41) is 39.2. The summed E-state index contributed by atoms with van der Waals surface area (Å²) in [5.74, 6) is 0.164. The Kier molecular flexibility index (Phi) is 15.7. The number of nitrogens with one attached hydrogen (secondary N) is 3. The molecule has 292 valence electrons. The number of carboxylic acids is 1. The first-order valence-electron chi connectivity index (χ1n) is 18.1. The van der Waals surface area contributed by atoms with E-state index in [1.165, 1.54) is 0 Å². The van der Waals surface area contributed by atoms with E-state index in [9.17, 15) is 32.7 Å². The summed E-state index contributed by atoms with van der Waals surface area (Å²) < 4.78 is 52.7. The molecule has 0 radical (unpaired) electrons. The zero-order valence-electron chi connectivity index (χ0n) is 31.6. The molecule has 5 heterocycles.